The van der Waals surface area contributed by atoms with E-state index < -0.39 is 0 Å². The van der Waals surface area contributed by atoms with Crippen molar-refractivity contribution in [3.05, 3.63) is 29.3 Å². The Morgan fingerprint density at radius 1 is 1.11 bits per heavy atom. The van der Waals surface area contributed by atoms with Crippen molar-refractivity contribution in [2.45, 2.75) is 57.4 Å². The number of benzene rings is 1. The lowest BCUT2D eigenvalue weighted by molar-refractivity contribution is 0.327. The molecule has 3 rings (SSSR count). The van der Waals surface area contributed by atoms with Crippen molar-refractivity contribution in [2.75, 3.05) is 12.3 Å². The molecule has 2 nitrogen and oxygen atoms in total. The third kappa shape index (κ3) is 3.11. The van der Waals surface area contributed by atoms with E-state index >= 15 is 0 Å². The van der Waals surface area contributed by atoms with Crippen molar-refractivity contribution in [1.82, 2.24) is 5.32 Å². The van der Waals surface area contributed by atoms with E-state index in [1.807, 2.05) is 6.07 Å². The molecule has 0 saturated heterocycles. The van der Waals surface area contributed by atoms with Gasteiger partial charge in [-0.2, -0.15) is 0 Å². The first-order valence-corrected chi connectivity index (χ1v) is 7.94. The molecule has 1 atom stereocenters. The first kappa shape index (κ1) is 13.0. The number of aryl methyl sites for hydroxylation is 1. The minimum atomic E-state index is 0.569. The van der Waals surface area contributed by atoms with Crippen molar-refractivity contribution in [3.8, 4) is 0 Å². The normalized spacial score (nSPS) is 23.5. The number of fused-ring (bicyclic) bond motifs is 1. The number of nitrogens with two attached hydrogens (primary N) is 1. The molecule has 0 heterocycles. The van der Waals surface area contributed by atoms with Crippen LogP contribution in [0.4, 0.5) is 5.69 Å². The van der Waals surface area contributed by atoms with Crippen LogP contribution in [0.25, 0.3) is 0 Å². The van der Waals surface area contributed by atoms with Crippen molar-refractivity contribution in [2.24, 2.45) is 5.92 Å². The van der Waals surface area contributed by atoms with Gasteiger partial charge in [0.15, 0.2) is 0 Å². The van der Waals surface area contributed by atoms with Crippen molar-refractivity contribution < 1.29 is 0 Å². The van der Waals surface area contributed by atoms with Gasteiger partial charge in [-0.15, -0.1) is 0 Å². The molecule has 0 aromatic heterocycles. The zero-order chi connectivity index (χ0) is 13.1. The van der Waals surface area contributed by atoms with Crippen LogP contribution in [0, 0.1) is 5.92 Å². The molecular weight excluding hydrogens is 232 g/mol. The fourth-order valence-electron chi connectivity index (χ4n) is 3.79. The monoisotopic (exact) mass is 258 g/mol. The highest BCUT2D eigenvalue weighted by molar-refractivity contribution is 5.47. The molecular formula is C17H26N2. The summed E-state index contributed by atoms with van der Waals surface area (Å²) in [5.41, 5.74) is 9.70. The van der Waals surface area contributed by atoms with Gasteiger partial charge >= 0.3 is 0 Å². The van der Waals surface area contributed by atoms with Crippen molar-refractivity contribution >= 4 is 5.69 Å². The number of nitrogen functional groups attached to an aromatic ring is 1. The quantitative estimate of drug-likeness (QED) is 0.806. The summed E-state index contributed by atoms with van der Waals surface area (Å²) in [4.78, 5) is 0. The van der Waals surface area contributed by atoms with E-state index in [1.54, 1.807) is 0 Å². The highest BCUT2D eigenvalue weighted by atomic mass is 14.9. The topological polar surface area (TPSA) is 38.0 Å². The van der Waals surface area contributed by atoms with Gasteiger partial charge < -0.3 is 11.1 Å². The standard InChI is InChI=1S/C17H26N2/c18-15-7-8-16-14(12-15)6-9-17(16)19-11-10-13-4-2-1-3-5-13/h7-8,12-13,17,19H,1-6,9-11,18H2. The van der Waals surface area contributed by atoms with Crippen LogP contribution in [0.15, 0.2) is 18.2 Å². The summed E-state index contributed by atoms with van der Waals surface area (Å²) in [6.07, 6.45) is 11.1. The number of hydrogen-bond acceptors (Lipinski definition) is 2. The van der Waals surface area contributed by atoms with Crippen LogP contribution in [-0.4, -0.2) is 6.54 Å². The lowest BCUT2D eigenvalue weighted by Crippen LogP contribution is -2.23. The molecule has 1 saturated carbocycles. The molecule has 1 unspecified atom stereocenters. The van der Waals surface area contributed by atoms with E-state index in [2.05, 4.69) is 17.4 Å². The van der Waals surface area contributed by atoms with Gasteiger partial charge in [0.1, 0.15) is 0 Å². The fraction of sp³-hybridized carbons (Fsp3) is 0.647. The van der Waals surface area contributed by atoms with Gasteiger partial charge in [0.05, 0.1) is 0 Å². The fourth-order valence-corrected chi connectivity index (χ4v) is 3.79. The number of rotatable bonds is 4. The second kappa shape index (κ2) is 5.96. The highest BCUT2D eigenvalue weighted by Gasteiger charge is 2.22. The Kier molecular flexibility index (Phi) is 4.07. The van der Waals surface area contributed by atoms with Crippen LogP contribution in [0.5, 0.6) is 0 Å². The van der Waals surface area contributed by atoms with Crippen molar-refractivity contribution in [1.29, 1.82) is 0 Å². The van der Waals surface area contributed by atoms with Gasteiger partial charge in [0.25, 0.3) is 0 Å². The van der Waals surface area contributed by atoms with Gasteiger partial charge in [-0.25, -0.2) is 0 Å². The molecule has 1 fully saturated rings. The molecule has 0 aliphatic heterocycles. The van der Waals surface area contributed by atoms with Gasteiger partial charge in [0.2, 0.25) is 0 Å². The highest BCUT2D eigenvalue weighted by Crippen LogP contribution is 2.32. The number of hydrogen-bond donors (Lipinski definition) is 2. The largest absolute Gasteiger partial charge is 0.399 e. The molecule has 2 heteroatoms. The minimum Gasteiger partial charge on any atom is -0.399 e. The van der Waals surface area contributed by atoms with E-state index in [4.69, 9.17) is 5.73 Å². The summed E-state index contributed by atoms with van der Waals surface area (Å²) in [5, 5.41) is 3.76. The van der Waals surface area contributed by atoms with Crippen LogP contribution < -0.4 is 11.1 Å². The SMILES string of the molecule is Nc1ccc2c(c1)CCC2NCCC1CCCCC1. The molecule has 19 heavy (non-hydrogen) atoms. The predicted octanol–water partition coefficient (Wildman–Crippen LogP) is 3.82. The van der Waals surface area contributed by atoms with Crippen molar-refractivity contribution in [3.63, 3.8) is 0 Å². The average molecular weight is 258 g/mol. The maximum absolute atomic E-state index is 5.85. The summed E-state index contributed by atoms with van der Waals surface area (Å²) in [6, 6.07) is 6.98. The van der Waals surface area contributed by atoms with E-state index in [0.717, 1.165) is 11.6 Å². The maximum atomic E-state index is 5.85. The van der Waals surface area contributed by atoms with Gasteiger partial charge in [-0.05, 0) is 55.0 Å². The molecule has 3 N–H and O–H groups in total. The summed E-state index contributed by atoms with van der Waals surface area (Å²) < 4.78 is 0. The van der Waals surface area contributed by atoms with Crippen LogP contribution in [0.3, 0.4) is 0 Å². The third-order valence-corrected chi connectivity index (χ3v) is 4.91. The molecule has 1 aromatic carbocycles. The summed E-state index contributed by atoms with van der Waals surface area (Å²) in [5.74, 6) is 0.980. The Morgan fingerprint density at radius 3 is 2.79 bits per heavy atom. The van der Waals surface area contributed by atoms with Gasteiger partial charge in [-0.1, -0.05) is 38.2 Å². The molecule has 0 spiro atoms. The lowest BCUT2D eigenvalue weighted by Gasteiger charge is -2.22. The van der Waals surface area contributed by atoms with E-state index in [9.17, 15) is 0 Å². The number of nitrogens with one attached hydrogen (secondary N) is 1. The molecule has 104 valence electrons. The molecule has 2 aliphatic rings. The van der Waals surface area contributed by atoms with Crippen LogP contribution in [0.1, 0.15) is 62.1 Å². The first-order chi connectivity index (χ1) is 9.33. The summed E-state index contributed by atoms with van der Waals surface area (Å²) in [7, 11) is 0. The summed E-state index contributed by atoms with van der Waals surface area (Å²) in [6.45, 7) is 1.18. The second-order valence-electron chi connectivity index (χ2n) is 6.30. The Labute approximate surface area is 116 Å². The number of anilines is 1. The Balaban J connectivity index is 1.49. The van der Waals surface area contributed by atoms with Gasteiger partial charge in [0, 0.05) is 11.7 Å². The van der Waals surface area contributed by atoms with E-state index in [0.29, 0.717) is 6.04 Å². The van der Waals surface area contributed by atoms with E-state index in [1.165, 1.54) is 69.0 Å². The van der Waals surface area contributed by atoms with Crippen LogP contribution in [-0.2, 0) is 6.42 Å². The molecule has 1 aromatic rings. The predicted molar refractivity (Wildman–Crippen MR) is 81.1 cm³/mol. The molecule has 0 bridgehead atoms. The smallest absolute Gasteiger partial charge is 0.0326 e. The lowest BCUT2D eigenvalue weighted by atomic mass is 9.87. The Morgan fingerprint density at radius 2 is 1.95 bits per heavy atom. The minimum absolute atomic E-state index is 0.569. The molecule has 0 radical (unpaired) electrons. The van der Waals surface area contributed by atoms with Crippen LogP contribution in [0.2, 0.25) is 0 Å². The second-order valence-corrected chi connectivity index (χ2v) is 6.30. The Hall–Kier alpha value is -1.02. The van der Waals surface area contributed by atoms with Crippen LogP contribution >= 0.6 is 0 Å². The Bertz CT molecular complexity index is 421. The van der Waals surface area contributed by atoms with Gasteiger partial charge in [-0.3, -0.25) is 0 Å². The zero-order valence-corrected chi connectivity index (χ0v) is 11.8. The first-order valence-electron chi connectivity index (χ1n) is 7.94. The molecule has 0 amide bonds. The zero-order valence-electron chi connectivity index (χ0n) is 11.8. The molecule has 2 aliphatic carbocycles. The van der Waals surface area contributed by atoms with E-state index in [-0.39, 0.29) is 0 Å². The maximum Gasteiger partial charge on any atom is 0.0326 e. The summed E-state index contributed by atoms with van der Waals surface area (Å²) >= 11 is 0. The third-order valence-electron chi connectivity index (χ3n) is 4.91. The average Bonchev–Trinajstić information content (AvgIpc) is 2.82.